The highest BCUT2D eigenvalue weighted by Gasteiger charge is 2.16. The molecule has 0 unspecified atom stereocenters. The summed E-state index contributed by atoms with van der Waals surface area (Å²) in [6.45, 7) is 6.24. The van der Waals surface area contributed by atoms with Crippen molar-refractivity contribution in [3.8, 4) is 11.3 Å². The molecule has 0 saturated carbocycles. The van der Waals surface area contributed by atoms with Crippen LogP contribution in [0.5, 0.6) is 0 Å². The Kier molecular flexibility index (Phi) is 3.00. The number of benzene rings is 2. The van der Waals surface area contributed by atoms with Gasteiger partial charge in [-0.05, 0) is 56.2 Å². The third kappa shape index (κ3) is 2.11. The molecule has 0 bridgehead atoms. The maximum atomic E-state index is 6.26. The van der Waals surface area contributed by atoms with Crippen LogP contribution in [0.2, 0.25) is 0 Å². The third-order valence-electron chi connectivity index (χ3n) is 4.77. The SMILES string of the molecule is Cc1nc2ccc3oc4c(-c5cc(C)c(C)cn5)cccc4c3c2s1. The number of rotatable bonds is 1. The minimum Gasteiger partial charge on any atom is -0.455 e. The second-order valence-corrected chi connectivity index (χ2v) is 7.66. The molecule has 122 valence electrons. The maximum absolute atomic E-state index is 6.26. The van der Waals surface area contributed by atoms with E-state index < -0.39 is 0 Å². The molecule has 2 aromatic carbocycles. The van der Waals surface area contributed by atoms with Crippen molar-refractivity contribution in [3.63, 3.8) is 0 Å². The Labute approximate surface area is 149 Å². The standard InChI is InChI=1S/C21H16N2OS/c1-11-9-17(22-10-12(11)2)14-5-4-6-15-19-18(24-20(14)15)8-7-16-21(19)25-13(3)23-16/h4-10H,1-3H3. The summed E-state index contributed by atoms with van der Waals surface area (Å²) in [5.41, 5.74) is 7.25. The van der Waals surface area contributed by atoms with E-state index in [0.717, 1.165) is 43.7 Å². The smallest absolute Gasteiger partial charge is 0.144 e. The molecule has 25 heavy (non-hydrogen) atoms. The number of pyridine rings is 1. The van der Waals surface area contributed by atoms with Crippen molar-refractivity contribution in [1.29, 1.82) is 0 Å². The van der Waals surface area contributed by atoms with Gasteiger partial charge < -0.3 is 4.42 Å². The fourth-order valence-electron chi connectivity index (χ4n) is 3.35. The van der Waals surface area contributed by atoms with E-state index in [1.807, 2.05) is 25.3 Å². The quantitative estimate of drug-likeness (QED) is 0.364. The molecule has 5 aromatic rings. The van der Waals surface area contributed by atoms with Crippen molar-refractivity contribution in [2.75, 3.05) is 0 Å². The Hall–Kier alpha value is -2.72. The van der Waals surface area contributed by atoms with Gasteiger partial charge >= 0.3 is 0 Å². The molecule has 0 atom stereocenters. The predicted octanol–water partition coefficient (Wildman–Crippen LogP) is 6.18. The van der Waals surface area contributed by atoms with Gasteiger partial charge in [-0.1, -0.05) is 12.1 Å². The first-order chi connectivity index (χ1) is 12.1. The first kappa shape index (κ1) is 14.6. The van der Waals surface area contributed by atoms with Crippen molar-refractivity contribution in [1.82, 2.24) is 9.97 Å². The average Bonchev–Trinajstić information content (AvgIpc) is 3.16. The van der Waals surface area contributed by atoms with Crippen LogP contribution in [0.15, 0.2) is 47.0 Å². The van der Waals surface area contributed by atoms with Crippen LogP contribution in [-0.4, -0.2) is 9.97 Å². The summed E-state index contributed by atoms with van der Waals surface area (Å²) in [4.78, 5) is 9.24. The van der Waals surface area contributed by atoms with E-state index in [0.29, 0.717) is 0 Å². The lowest BCUT2D eigenvalue weighted by atomic mass is 10.0. The highest BCUT2D eigenvalue weighted by molar-refractivity contribution is 7.19. The van der Waals surface area contributed by atoms with Crippen LogP contribution < -0.4 is 0 Å². The lowest BCUT2D eigenvalue weighted by Gasteiger charge is -2.05. The van der Waals surface area contributed by atoms with Crippen LogP contribution in [0.4, 0.5) is 0 Å². The second-order valence-electron chi connectivity index (χ2n) is 6.46. The molecule has 3 nitrogen and oxygen atoms in total. The number of hydrogen-bond donors (Lipinski definition) is 0. The Morgan fingerprint density at radius 3 is 2.72 bits per heavy atom. The molecule has 0 spiro atoms. The molecule has 3 aromatic heterocycles. The van der Waals surface area contributed by atoms with Gasteiger partial charge in [-0.15, -0.1) is 11.3 Å². The second kappa shape index (κ2) is 5.14. The zero-order chi connectivity index (χ0) is 17.1. The highest BCUT2D eigenvalue weighted by Crippen LogP contribution is 2.40. The molecular weight excluding hydrogens is 328 g/mol. The largest absolute Gasteiger partial charge is 0.455 e. The summed E-state index contributed by atoms with van der Waals surface area (Å²) in [5, 5.41) is 3.36. The van der Waals surface area contributed by atoms with Gasteiger partial charge in [-0.25, -0.2) is 4.98 Å². The fraction of sp³-hybridized carbons (Fsp3) is 0.143. The molecular formula is C21H16N2OS. The van der Waals surface area contributed by atoms with E-state index >= 15 is 0 Å². The van der Waals surface area contributed by atoms with E-state index in [1.165, 1.54) is 15.8 Å². The number of aromatic nitrogens is 2. The van der Waals surface area contributed by atoms with Crippen LogP contribution in [0.3, 0.4) is 0 Å². The zero-order valence-corrected chi connectivity index (χ0v) is 15.1. The summed E-state index contributed by atoms with van der Waals surface area (Å²) in [6.07, 6.45) is 1.93. The topological polar surface area (TPSA) is 38.9 Å². The Morgan fingerprint density at radius 2 is 1.88 bits per heavy atom. The van der Waals surface area contributed by atoms with Crippen molar-refractivity contribution >= 4 is 43.5 Å². The normalized spacial score (nSPS) is 11.8. The van der Waals surface area contributed by atoms with Crippen molar-refractivity contribution in [3.05, 3.63) is 58.7 Å². The van der Waals surface area contributed by atoms with Crippen molar-refractivity contribution in [2.45, 2.75) is 20.8 Å². The van der Waals surface area contributed by atoms with Crippen molar-refractivity contribution < 1.29 is 4.42 Å². The number of furan rings is 1. The molecule has 0 aliphatic carbocycles. The van der Waals surface area contributed by atoms with E-state index in [2.05, 4.69) is 48.1 Å². The minimum atomic E-state index is 0.895. The third-order valence-corrected chi connectivity index (χ3v) is 5.78. The van der Waals surface area contributed by atoms with E-state index in [1.54, 1.807) is 11.3 Å². The summed E-state index contributed by atoms with van der Waals surface area (Å²) in [7, 11) is 0. The van der Waals surface area contributed by atoms with Gasteiger partial charge in [-0.2, -0.15) is 0 Å². The number of thiazole rings is 1. The first-order valence-corrected chi connectivity index (χ1v) is 9.08. The van der Waals surface area contributed by atoms with Crippen LogP contribution in [0.1, 0.15) is 16.1 Å². The van der Waals surface area contributed by atoms with Crippen LogP contribution in [0.25, 0.3) is 43.4 Å². The number of fused-ring (bicyclic) bond motifs is 5. The lowest BCUT2D eigenvalue weighted by Crippen LogP contribution is -1.88. The Morgan fingerprint density at radius 1 is 1.00 bits per heavy atom. The first-order valence-electron chi connectivity index (χ1n) is 8.27. The highest BCUT2D eigenvalue weighted by atomic mass is 32.1. The zero-order valence-electron chi connectivity index (χ0n) is 14.3. The van der Waals surface area contributed by atoms with E-state index in [9.17, 15) is 0 Å². The van der Waals surface area contributed by atoms with Crippen LogP contribution >= 0.6 is 11.3 Å². The molecule has 0 amide bonds. The van der Waals surface area contributed by atoms with Gasteiger partial charge in [0.15, 0.2) is 0 Å². The molecule has 5 rings (SSSR count). The molecule has 0 aliphatic rings. The minimum absolute atomic E-state index is 0.895. The van der Waals surface area contributed by atoms with Gasteiger partial charge in [0, 0.05) is 22.5 Å². The van der Waals surface area contributed by atoms with E-state index in [-0.39, 0.29) is 0 Å². The Balaban J connectivity index is 1.90. The number of hydrogen-bond acceptors (Lipinski definition) is 4. The van der Waals surface area contributed by atoms with Crippen molar-refractivity contribution in [2.24, 2.45) is 0 Å². The van der Waals surface area contributed by atoms with Crippen LogP contribution in [-0.2, 0) is 0 Å². The maximum Gasteiger partial charge on any atom is 0.144 e. The number of para-hydroxylation sites is 1. The lowest BCUT2D eigenvalue weighted by molar-refractivity contribution is 0.670. The predicted molar refractivity (Wildman–Crippen MR) is 104 cm³/mol. The molecule has 3 heterocycles. The molecule has 0 fully saturated rings. The van der Waals surface area contributed by atoms with E-state index in [4.69, 9.17) is 4.42 Å². The number of nitrogens with zero attached hydrogens (tertiary/aromatic N) is 2. The summed E-state index contributed by atoms with van der Waals surface area (Å²) < 4.78 is 7.46. The fourth-order valence-corrected chi connectivity index (χ4v) is 4.32. The van der Waals surface area contributed by atoms with Gasteiger partial charge in [0.25, 0.3) is 0 Å². The monoisotopic (exact) mass is 344 g/mol. The summed E-state index contributed by atoms with van der Waals surface area (Å²) in [5.74, 6) is 0. The van der Waals surface area contributed by atoms with Gasteiger partial charge in [-0.3, -0.25) is 4.98 Å². The molecule has 4 heteroatoms. The molecule has 0 radical (unpaired) electrons. The summed E-state index contributed by atoms with van der Waals surface area (Å²) in [6, 6.07) is 12.5. The van der Waals surface area contributed by atoms with Gasteiger partial charge in [0.2, 0.25) is 0 Å². The number of aryl methyl sites for hydroxylation is 3. The van der Waals surface area contributed by atoms with Gasteiger partial charge in [0.05, 0.1) is 20.9 Å². The van der Waals surface area contributed by atoms with Gasteiger partial charge in [0.1, 0.15) is 11.2 Å². The summed E-state index contributed by atoms with van der Waals surface area (Å²) >= 11 is 1.72. The Bertz CT molecular complexity index is 1280. The molecule has 0 saturated heterocycles. The van der Waals surface area contributed by atoms with Crippen LogP contribution in [0, 0.1) is 20.8 Å². The average molecular weight is 344 g/mol. The molecule has 0 aliphatic heterocycles. The molecule has 0 N–H and O–H groups in total.